The lowest BCUT2D eigenvalue weighted by Gasteiger charge is -2.10. The Bertz CT molecular complexity index is 576. The second-order valence-corrected chi connectivity index (χ2v) is 5.78. The average molecular weight is 439 g/mol. The van der Waals surface area contributed by atoms with Gasteiger partial charge in [-0.2, -0.15) is 0 Å². The number of nitrogens with one attached hydrogen (secondary N) is 1. The first kappa shape index (κ1) is 14.3. The summed E-state index contributed by atoms with van der Waals surface area (Å²) in [6, 6.07) is 5.33. The molecule has 1 unspecified atom stereocenters. The summed E-state index contributed by atoms with van der Waals surface area (Å²) in [4.78, 5) is 27.3. The largest absolute Gasteiger partial charge is 0.477 e. The fourth-order valence-corrected chi connectivity index (χ4v) is 2.20. The number of benzene rings is 1. The van der Waals surface area contributed by atoms with Crippen LogP contribution in [0.4, 0.5) is 5.69 Å². The monoisotopic (exact) mass is 438 g/mol. The number of anilines is 1. The number of nitrogens with zero attached hydrogens (tertiary/aromatic N) is 1. The van der Waals surface area contributed by atoms with E-state index in [0.29, 0.717) is 5.69 Å². The van der Waals surface area contributed by atoms with E-state index in [2.05, 4.69) is 49.0 Å². The van der Waals surface area contributed by atoms with Crippen LogP contribution in [-0.2, 0) is 14.4 Å². The Morgan fingerprint density at radius 3 is 2.84 bits per heavy atom. The fourth-order valence-electron chi connectivity index (χ4n) is 1.44. The molecule has 1 aromatic carbocycles. The lowest BCUT2D eigenvalue weighted by atomic mass is 10.1. The van der Waals surface area contributed by atoms with Gasteiger partial charge in [-0.15, -0.1) is 0 Å². The van der Waals surface area contributed by atoms with E-state index < -0.39 is 18.0 Å². The SMILES string of the molecule is O=C(O)C1=NOC(C(=O)Nc2ccc(Br)c(I)c2)C1. The van der Waals surface area contributed by atoms with Gasteiger partial charge in [0.1, 0.15) is 0 Å². The summed E-state index contributed by atoms with van der Waals surface area (Å²) < 4.78 is 1.88. The van der Waals surface area contributed by atoms with Crippen LogP contribution < -0.4 is 5.32 Å². The Morgan fingerprint density at radius 2 is 2.26 bits per heavy atom. The van der Waals surface area contributed by atoms with Crippen LogP contribution in [-0.4, -0.2) is 28.8 Å². The molecule has 0 radical (unpaired) electrons. The Morgan fingerprint density at radius 1 is 1.53 bits per heavy atom. The number of halogens is 2. The average Bonchev–Trinajstić information content (AvgIpc) is 2.83. The molecule has 1 aliphatic heterocycles. The third kappa shape index (κ3) is 3.44. The Hall–Kier alpha value is -1.16. The van der Waals surface area contributed by atoms with Crippen molar-refractivity contribution in [1.29, 1.82) is 0 Å². The quantitative estimate of drug-likeness (QED) is 0.708. The first-order valence-electron chi connectivity index (χ1n) is 5.19. The predicted octanol–water partition coefficient (Wildman–Crippen LogP) is 2.22. The molecule has 1 amide bonds. The number of amides is 1. The van der Waals surface area contributed by atoms with Gasteiger partial charge in [0.15, 0.2) is 5.71 Å². The van der Waals surface area contributed by atoms with E-state index in [0.717, 1.165) is 8.04 Å². The van der Waals surface area contributed by atoms with Gasteiger partial charge in [0.25, 0.3) is 5.91 Å². The molecule has 8 heteroatoms. The highest BCUT2D eigenvalue weighted by Crippen LogP contribution is 2.23. The van der Waals surface area contributed by atoms with Crippen LogP contribution in [0.15, 0.2) is 27.8 Å². The van der Waals surface area contributed by atoms with Gasteiger partial charge in [-0.3, -0.25) is 4.79 Å². The molecule has 1 atom stereocenters. The highest BCUT2D eigenvalue weighted by Gasteiger charge is 2.31. The van der Waals surface area contributed by atoms with Crippen molar-refractivity contribution in [2.45, 2.75) is 12.5 Å². The fraction of sp³-hybridized carbons (Fsp3) is 0.182. The van der Waals surface area contributed by atoms with E-state index in [4.69, 9.17) is 9.94 Å². The second kappa shape index (κ2) is 5.87. The van der Waals surface area contributed by atoms with Crippen molar-refractivity contribution >= 4 is 61.8 Å². The van der Waals surface area contributed by atoms with Crippen molar-refractivity contribution in [2.75, 3.05) is 5.32 Å². The first-order valence-corrected chi connectivity index (χ1v) is 7.06. The van der Waals surface area contributed by atoms with Gasteiger partial charge in [0, 0.05) is 20.2 Å². The minimum Gasteiger partial charge on any atom is -0.477 e. The molecule has 2 rings (SSSR count). The molecular formula is C11H8BrIN2O4. The molecule has 100 valence electrons. The van der Waals surface area contributed by atoms with Crippen molar-refractivity contribution in [3.8, 4) is 0 Å². The number of carboxylic acids is 1. The topological polar surface area (TPSA) is 88.0 Å². The summed E-state index contributed by atoms with van der Waals surface area (Å²) in [6.45, 7) is 0. The molecule has 1 aliphatic rings. The number of aliphatic carboxylic acids is 1. The number of carbonyl (C=O) groups excluding carboxylic acids is 1. The van der Waals surface area contributed by atoms with E-state index >= 15 is 0 Å². The van der Waals surface area contributed by atoms with Crippen molar-refractivity contribution in [2.24, 2.45) is 5.16 Å². The molecule has 0 aliphatic carbocycles. The molecule has 0 bridgehead atoms. The third-order valence-corrected chi connectivity index (χ3v) is 4.72. The van der Waals surface area contributed by atoms with Gasteiger partial charge in [0.05, 0.1) is 0 Å². The molecule has 1 aromatic rings. The lowest BCUT2D eigenvalue weighted by molar-refractivity contribution is -0.129. The van der Waals surface area contributed by atoms with Gasteiger partial charge >= 0.3 is 5.97 Å². The Kier molecular flexibility index (Phi) is 4.40. The van der Waals surface area contributed by atoms with Crippen molar-refractivity contribution in [1.82, 2.24) is 0 Å². The highest BCUT2D eigenvalue weighted by atomic mass is 127. The van der Waals surface area contributed by atoms with Crippen molar-refractivity contribution < 1.29 is 19.5 Å². The second-order valence-electron chi connectivity index (χ2n) is 3.76. The lowest BCUT2D eigenvalue weighted by Crippen LogP contribution is -2.28. The van der Waals surface area contributed by atoms with Crippen molar-refractivity contribution in [3.63, 3.8) is 0 Å². The summed E-state index contributed by atoms with van der Waals surface area (Å²) in [5.74, 6) is -1.59. The van der Waals surface area contributed by atoms with Crippen LogP contribution in [0.25, 0.3) is 0 Å². The summed E-state index contributed by atoms with van der Waals surface area (Å²) in [5.41, 5.74) is 0.468. The third-order valence-electron chi connectivity index (χ3n) is 2.40. The van der Waals surface area contributed by atoms with Crippen LogP contribution in [0.1, 0.15) is 6.42 Å². The molecule has 2 N–H and O–H groups in total. The molecule has 0 spiro atoms. The van der Waals surface area contributed by atoms with Gasteiger partial charge in [-0.1, -0.05) is 5.16 Å². The minimum absolute atomic E-state index is 0.0329. The molecule has 1 heterocycles. The van der Waals surface area contributed by atoms with Gasteiger partial charge in [-0.05, 0) is 56.7 Å². The minimum atomic E-state index is -1.17. The van der Waals surface area contributed by atoms with Crippen LogP contribution in [0, 0.1) is 3.57 Å². The Balaban J connectivity index is 1.99. The van der Waals surface area contributed by atoms with E-state index in [1.807, 2.05) is 6.07 Å². The maximum atomic E-state index is 11.9. The maximum absolute atomic E-state index is 11.9. The summed E-state index contributed by atoms with van der Waals surface area (Å²) >= 11 is 5.48. The predicted molar refractivity (Wildman–Crippen MR) is 80.0 cm³/mol. The summed E-state index contributed by atoms with van der Waals surface area (Å²) in [6.07, 6.45) is -0.929. The standard InChI is InChI=1S/C11H8BrIN2O4/c12-6-2-1-5(3-7(6)13)14-10(16)9-4-8(11(17)18)15-19-9/h1-3,9H,4H2,(H,14,16)(H,17,18). The number of carboxylic acid groups (broad SMARTS) is 1. The molecule has 19 heavy (non-hydrogen) atoms. The van der Waals surface area contributed by atoms with Crippen LogP contribution >= 0.6 is 38.5 Å². The molecular weight excluding hydrogens is 431 g/mol. The molecule has 0 saturated carbocycles. The number of rotatable bonds is 3. The summed E-state index contributed by atoms with van der Waals surface area (Å²) in [5, 5.41) is 14.7. The molecule has 0 fully saturated rings. The van der Waals surface area contributed by atoms with E-state index in [1.54, 1.807) is 12.1 Å². The number of carbonyl (C=O) groups is 2. The van der Waals surface area contributed by atoms with Crippen LogP contribution in [0.2, 0.25) is 0 Å². The van der Waals surface area contributed by atoms with Crippen LogP contribution in [0.3, 0.4) is 0 Å². The van der Waals surface area contributed by atoms with Gasteiger partial charge in [0.2, 0.25) is 6.10 Å². The summed E-state index contributed by atoms with van der Waals surface area (Å²) in [7, 11) is 0. The molecule has 6 nitrogen and oxygen atoms in total. The number of oxime groups is 1. The molecule has 0 aromatic heterocycles. The first-order chi connectivity index (χ1) is 8.97. The smallest absolute Gasteiger partial charge is 0.353 e. The van der Waals surface area contributed by atoms with Gasteiger partial charge in [-0.25, -0.2) is 4.79 Å². The highest BCUT2D eigenvalue weighted by molar-refractivity contribution is 14.1. The normalized spacial score (nSPS) is 17.6. The van der Waals surface area contributed by atoms with Crippen molar-refractivity contribution in [3.05, 3.63) is 26.2 Å². The van der Waals surface area contributed by atoms with E-state index in [-0.39, 0.29) is 12.1 Å². The zero-order valence-electron chi connectivity index (χ0n) is 9.39. The van der Waals surface area contributed by atoms with Gasteiger partial charge < -0.3 is 15.3 Å². The Labute approximate surface area is 130 Å². The van der Waals surface area contributed by atoms with Crippen LogP contribution in [0.5, 0.6) is 0 Å². The number of hydrogen-bond donors (Lipinski definition) is 2. The van der Waals surface area contributed by atoms with E-state index in [9.17, 15) is 9.59 Å². The number of hydrogen-bond acceptors (Lipinski definition) is 4. The zero-order valence-corrected chi connectivity index (χ0v) is 13.1. The maximum Gasteiger partial charge on any atom is 0.353 e. The van der Waals surface area contributed by atoms with E-state index in [1.165, 1.54) is 0 Å². The molecule has 0 saturated heterocycles. The zero-order chi connectivity index (χ0) is 14.0.